The standard InChI is InChI=1S/C24H29N5O2/c1-3-20-22(29-13-8-16(2)14-21(29)27-20)24(31)26-15-17-4-6-19(7-5-17)28-11-9-18(10-12-28)23(25)30/h4-8,13-14,18H,3,9-12,15H2,1-2H3,(H2,25,30)(H,26,31). The maximum Gasteiger partial charge on any atom is 0.270 e. The van der Waals surface area contributed by atoms with Crippen molar-refractivity contribution in [2.24, 2.45) is 11.7 Å². The summed E-state index contributed by atoms with van der Waals surface area (Å²) < 4.78 is 1.86. The Hall–Kier alpha value is -3.35. The minimum atomic E-state index is -0.196. The lowest BCUT2D eigenvalue weighted by molar-refractivity contribution is -0.122. The molecule has 3 N–H and O–H groups in total. The van der Waals surface area contributed by atoms with Gasteiger partial charge < -0.3 is 16.0 Å². The van der Waals surface area contributed by atoms with Crippen LogP contribution >= 0.6 is 0 Å². The molecule has 0 unspecified atom stereocenters. The van der Waals surface area contributed by atoms with Crippen molar-refractivity contribution >= 4 is 23.1 Å². The first-order valence-electron chi connectivity index (χ1n) is 10.8. The summed E-state index contributed by atoms with van der Waals surface area (Å²) in [5.41, 5.74) is 10.9. The molecule has 0 atom stereocenters. The highest BCUT2D eigenvalue weighted by Crippen LogP contribution is 2.23. The van der Waals surface area contributed by atoms with Crippen LogP contribution in [-0.2, 0) is 17.8 Å². The molecule has 31 heavy (non-hydrogen) atoms. The molecule has 0 radical (unpaired) electrons. The van der Waals surface area contributed by atoms with E-state index in [1.54, 1.807) is 0 Å². The zero-order chi connectivity index (χ0) is 22.0. The van der Waals surface area contributed by atoms with Crippen LogP contribution in [0.5, 0.6) is 0 Å². The van der Waals surface area contributed by atoms with Crippen LogP contribution in [-0.4, -0.2) is 34.3 Å². The molecule has 0 saturated carbocycles. The van der Waals surface area contributed by atoms with Crippen LogP contribution < -0.4 is 16.0 Å². The summed E-state index contributed by atoms with van der Waals surface area (Å²) in [6, 6.07) is 12.2. The van der Waals surface area contributed by atoms with Crippen LogP contribution in [0.15, 0.2) is 42.6 Å². The zero-order valence-electron chi connectivity index (χ0n) is 18.1. The molecule has 0 aliphatic carbocycles. The third-order valence-electron chi connectivity index (χ3n) is 6.06. The molecule has 7 heteroatoms. The number of hydrogen-bond donors (Lipinski definition) is 2. The van der Waals surface area contributed by atoms with Gasteiger partial charge in [0.15, 0.2) is 0 Å². The van der Waals surface area contributed by atoms with Crippen molar-refractivity contribution in [3.63, 3.8) is 0 Å². The molecular weight excluding hydrogens is 390 g/mol. The number of hydrogen-bond acceptors (Lipinski definition) is 4. The molecule has 1 aliphatic rings. The lowest BCUT2D eigenvalue weighted by Gasteiger charge is -2.32. The van der Waals surface area contributed by atoms with Crippen molar-refractivity contribution in [2.75, 3.05) is 18.0 Å². The second kappa shape index (κ2) is 8.79. The maximum atomic E-state index is 12.9. The minimum Gasteiger partial charge on any atom is -0.371 e. The summed E-state index contributed by atoms with van der Waals surface area (Å²) in [4.78, 5) is 31.2. The van der Waals surface area contributed by atoms with E-state index < -0.39 is 0 Å². The van der Waals surface area contributed by atoms with Gasteiger partial charge in [-0.3, -0.25) is 14.0 Å². The molecule has 4 rings (SSSR count). The summed E-state index contributed by atoms with van der Waals surface area (Å²) in [6.45, 7) is 6.14. The Kier molecular flexibility index (Phi) is 5.93. The lowest BCUT2D eigenvalue weighted by Crippen LogP contribution is -2.38. The van der Waals surface area contributed by atoms with Gasteiger partial charge in [-0.05, 0) is 61.6 Å². The third-order valence-corrected chi connectivity index (χ3v) is 6.06. The topological polar surface area (TPSA) is 92.7 Å². The second-order valence-electron chi connectivity index (χ2n) is 8.21. The van der Waals surface area contributed by atoms with Gasteiger partial charge in [0.2, 0.25) is 5.91 Å². The molecule has 2 aromatic heterocycles. The third kappa shape index (κ3) is 4.40. The van der Waals surface area contributed by atoms with Gasteiger partial charge in [0.1, 0.15) is 11.3 Å². The number of benzene rings is 1. The number of rotatable bonds is 6. The van der Waals surface area contributed by atoms with Crippen molar-refractivity contribution in [1.29, 1.82) is 0 Å². The molecule has 0 spiro atoms. The van der Waals surface area contributed by atoms with Crippen molar-refractivity contribution in [3.8, 4) is 0 Å². The van der Waals surface area contributed by atoms with Gasteiger partial charge >= 0.3 is 0 Å². The number of anilines is 1. The maximum absolute atomic E-state index is 12.9. The summed E-state index contributed by atoms with van der Waals surface area (Å²) in [6.07, 6.45) is 4.20. The highest BCUT2D eigenvalue weighted by molar-refractivity contribution is 5.94. The predicted molar refractivity (Wildman–Crippen MR) is 121 cm³/mol. The first-order chi connectivity index (χ1) is 15.0. The van der Waals surface area contributed by atoms with E-state index >= 15 is 0 Å². The molecule has 0 bridgehead atoms. The molecule has 1 aliphatic heterocycles. The molecule has 7 nitrogen and oxygen atoms in total. The van der Waals surface area contributed by atoms with Crippen LogP contribution in [0.2, 0.25) is 0 Å². The molecule has 162 valence electrons. The van der Waals surface area contributed by atoms with E-state index in [1.165, 1.54) is 0 Å². The van der Waals surface area contributed by atoms with E-state index in [1.807, 2.05) is 48.7 Å². The first-order valence-corrected chi connectivity index (χ1v) is 10.8. The highest BCUT2D eigenvalue weighted by atomic mass is 16.2. The Bertz CT molecular complexity index is 1100. The zero-order valence-corrected chi connectivity index (χ0v) is 18.1. The van der Waals surface area contributed by atoms with Crippen molar-refractivity contribution in [3.05, 3.63) is 65.1 Å². The molecule has 1 aromatic carbocycles. The fraction of sp³-hybridized carbons (Fsp3) is 0.375. The Labute approximate surface area is 182 Å². The minimum absolute atomic E-state index is 0.0118. The van der Waals surface area contributed by atoms with E-state index in [4.69, 9.17) is 5.73 Å². The first kappa shape index (κ1) is 20.9. The van der Waals surface area contributed by atoms with Gasteiger partial charge in [0.25, 0.3) is 5.91 Å². The molecule has 1 fully saturated rings. The number of aryl methyl sites for hydroxylation is 2. The van der Waals surface area contributed by atoms with Crippen LogP contribution in [0.4, 0.5) is 5.69 Å². The molecular formula is C24H29N5O2. The average molecular weight is 420 g/mol. The van der Waals surface area contributed by atoms with E-state index in [2.05, 4.69) is 27.3 Å². The molecule has 1 saturated heterocycles. The number of nitrogens with two attached hydrogens (primary N) is 1. The quantitative estimate of drug-likeness (QED) is 0.643. The van der Waals surface area contributed by atoms with Crippen LogP contribution in [0.1, 0.15) is 47.1 Å². The smallest absolute Gasteiger partial charge is 0.270 e. The van der Waals surface area contributed by atoms with Crippen LogP contribution in [0, 0.1) is 12.8 Å². The largest absolute Gasteiger partial charge is 0.371 e. The van der Waals surface area contributed by atoms with E-state index in [-0.39, 0.29) is 17.7 Å². The Balaban J connectivity index is 1.40. The normalized spacial score (nSPS) is 14.7. The fourth-order valence-electron chi connectivity index (χ4n) is 4.20. The Morgan fingerprint density at radius 3 is 2.52 bits per heavy atom. The number of aromatic nitrogens is 2. The Morgan fingerprint density at radius 1 is 1.16 bits per heavy atom. The summed E-state index contributed by atoms with van der Waals surface area (Å²) in [5.74, 6) is -0.328. The van der Waals surface area contributed by atoms with Gasteiger partial charge in [-0.1, -0.05) is 19.1 Å². The molecule has 3 aromatic rings. The average Bonchev–Trinajstić information content (AvgIpc) is 3.15. The van der Waals surface area contributed by atoms with Gasteiger partial charge in [-0.25, -0.2) is 4.98 Å². The van der Waals surface area contributed by atoms with Crippen molar-refractivity contribution in [1.82, 2.24) is 14.7 Å². The van der Waals surface area contributed by atoms with Gasteiger partial charge in [-0.15, -0.1) is 0 Å². The molecule has 2 amide bonds. The number of piperidine rings is 1. The number of primary amides is 1. The van der Waals surface area contributed by atoms with E-state index in [0.29, 0.717) is 18.7 Å². The summed E-state index contributed by atoms with van der Waals surface area (Å²) >= 11 is 0. The van der Waals surface area contributed by atoms with E-state index in [9.17, 15) is 9.59 Å². The molecule has 3 heterocycles. The van der Waals surface area contributed by atoms with Crippen molar-refractivity contribution in [2.45, 2.75) is 39.7 Å². The fourth-order valence-corrected chi connectivity index (χ4v) is 4.20. The number of pyridine rings is 1. The summed E-state index contributed by atoms with van der Waals surface area (Å²) in [5, 5.41) is 3.04. The lowest BCUT2D eigenvalue weighted by atomic mass is 9.96. The monoisotopic (exact) mass is 419 g/mol. The number of nitrogens with zero attached hydrogens (tertiary/aromatic N) is 3. The second-order valence-corrected chi connectivity index (χ2v) is 8.21. The highest BCUT2D eigenvalue weighted by Gasteiger charge is 2.23. The van der Waals surface area contributed by atoms with Gasteiger partial charge in [0.05, 0.1) is 5.69 Å². The van der Waals surface area contributed by atoms with Gasteiger partial charge in [0, 0.05) is 37.4 Å². The summed E-state index contributed by atoms with van der Waals surface area (Å²) in [7, 11) is 0. The number of fused-ring (bicyclic) bond motifs is 1. The van der Waals surface area contributed by atoms with Crippen LogP contribution in [0.25, 0.3) is 5.65 Å². The number of nitrogens with one attached hydrogen (secondary N) is 1. The Morgan fingerprint density at radius 2 is 1.87 bits per heavy atom. The number of amides is 2. The number of carbonyl (C=O) groups excluding carboxylic acids is 2. The van der Waals surface area contributed by atoms with Gasteiger partial charge in [-0.2, -0.15) is 0 Å². The SMILES string of the molecule is CCc1nc2cc(C)ccn2c1C(=O)NCc1ccc(N2CCC(C(N)=O)CC2)cc1. The van der Waals surface area contributed by atoms with E-state index in [0.717, 1.165) is 54.1 Å². The predicted octanol–water partition coefficient (Wildman–Crippen LogP) is 2.84. The number of imidazole rings is 1. The number of carbonyl (C=O) groups is 2. The van der Waals surface area contributed by atoms with Crippen molar-refractivity contribution < 1.29 is 9.59 Å². The van der Waals surface area contributed by atoms with Crippen LogP contribution in [0.3, 0.4) is 0 Å².